The second-order valence-corrected chi connectivity index (χ2v) is 6.68. The SMILES string of the molecule is CCc1cccc(N2CC(C(=O)Nc3ccc(NC(C)=O)cc3)CC2=O)c1. The average molecular weight is 365 g/mol. The number of benzene rings is 2. The summed E-state index contributed by atoms with van der Waals surface area (Å²) in [4.78, 5) is 37.7. The zero-order valence-corrected chi connectivity index (χ0v) is 15.5. The van der Waals surface area contributed by atoms with Crippen LogP contribution in [0.3, 0.4) is 0 Å². The van der Waals surface area contributed by atoms with Crippen LogP contribution in [0.5, 0.6) is 0 Å². The number of carbonyl (C=O) groups is 3. The normalized spacial score (nSPS) is 16.3. The van der Waals surface area contributed by atoms with E-state index in [-0.39, 0.29) is 24.1 Å². The highest BCUT2D eigenvalue weighted by Crippen LogP contribution is 2.27. The monoisotopic (exact) mass is 365 g/mol. The predicted molar refractivity (Wildman–Crippen MR) is 106 cm³/mol. The minimum Gasteiger partial charge on any atom is -0.326 e. The van der Waals surface area contributed by atoms with Crippen molar-refractivity contribution in [1.82, 2.24) is 0 Å². The van der Waals surface area contributed by atoms with Gasteiger partial charge in [0.25, 0.3) is 0 Å². The quantitative estimate of drug-likeness (QED) is 0.854. The Morgan fingerprint density at radius 2 is 1.74 bits per heavy atom. The zero-order valence-electron chi connectivity index (χ0n) is 15.5. The molecule has 27 heavy (non-hydrogen) atoms. The van der Waals surface area contributed by atoms with E-state index in [1.165, 1.54) is 6.92 Å². The first kappa shape index (κ1) is 18.6. The molecule has 0 spiro atoms. The van der Waals surface area contributed by atoms with Gasteiger partial charge in [0.15, 0.2) is 0 Å². The van der Waals surface area contributed by atoms with Gasteiger partial charge in [0.2, 0.25) is 17.7 Å². The second-order valence-electron chi connectivity index (χ2n) is 6.68. The largest absolute Gasteiger partial charge is 0.326 e. The van der Waals surface area contributed by atoms with E-state index in [0.29, 0.717) is 17.9 Å². The molecule has 6 heteroatoms. The maximum Gasteiger partial charge on any atom is 0.229 e. The fourth-order valence-corrected chi connectivity index (χ4v) is 3.16. The molecule has 1 saturated heterocycles. The topological polar surface area (TPSA) is 78.5 Å². The van der Waals surface area contributed by atoms with Gasteiger partial charge in [-0.2, -0.15) is 0 Å². The van der Waals surface area contributed by atoms with Crippen LogP contribution in [-0.4, -0.2) is 24.3 Å². The Bertz CT molecular complexity index is 861. The molecule has 1 aliphatic heterocycles. The lowest BCUT2D eigenvalue weighted by atomic mass is 10.1. The van der Waals surface area contributed by atoms with Crippen LogP contribution in [0.2, 0.25) is 0 Å². The molecule has 6 nitrogen and oxygen atoms in total. The van der Waals surface area contributed by atoms with E-state index < -0.39 is 5.92 Å². The summed E-state index contributed by atoms with van der Waals surface area (Å²) in [7, 11) is 0. The number of amides is 3. The van der Waals surface area contributed by atoms with Crippen LogP contribution in [0.15, 0.2) is 48.5 Å². The highest BCUT2D eigenvalue weighted by molar-refractivity contribution is 6.03. The summed E-state index contributed by atoms with van der Waals surface area (Å²) in [6.45, 7) is 3.88. The van der Waals surface area contributed by atoms with Crippen molar-refractivity contribution < 1.29 is 14.4 Å². The summed E-state index contributed by atoms with van der Waals surface area (Å²) in [5.41, 5.74) is 3.30. The summed E-state index contributed by atoms with van der Waals surface area (Å²) in [6, 6.07) is 14.8. The number of nitrogens with one attached hydrogen (secondary N) is 2. The molecule has 0 radical (unpaired) electrons. The van der Waals surface area contributed by atoms with E-state index >= 15 is 0 Å². The number of aryl methyl sites for hydroxylation is 1. The fraction of sp³-hybridized carbons (Fsp3) is 0.286. The Morgan fingerprint density at radius 1 is 1.07 bits per heavy atom. The average Bonchev–Trinajstić information content (AvgIpc) is 3.05. The highest BCUT2D eigenvalue weighted by atomic mass is 16.2. The smallest absolute Gasteiger partial charge is 0.229 e. The lowest BCUT2D eigenvalue weighted by Crippen LogP contribution is -2.28. The van der Waals surface area contributed by atoms with Crippen molar-refractivity contribution in [1.29, 1.82) is 0 Å². The Kier molecular flexibility index (Phi) is 5.54. The molecule has 2 aromatic carbocycles. The third-order valence-electron chi connectivity index (χ3n) is 4.60. The summed E-state index contributed by atoms with van der Waals surface area (Å²) in [6.07, 6.45) is 1.10. The molecule has 1 unspecified atom stereocenters. The van der Waals surface area contributed by atoms with Gasteiger partial charge >= 0.3 is 0 Å². The lowest BCUT2D eigenvalue weighted by molar-refractivity contribution is -0.122. The fourth-order valence-electron chi connectivity index (χ4n) is 3.16. The van der Waals surface area contributed by atoms with Crippen molar-refractivity contribution in [2.24, 2.45) is 5.92 Å². The molecule has 2 aromatic rings. The lowest BCUT2D eigenvalue weighted by Gasteiger charge is -2.17. The number of carbonyl (C=O) groups excluding carboxylic acids is 3. The van der Waals surface area contributed by atoms with Crippen LogP contribution >= 0.6 is 0 Å². The maximum absolute atomic E-state index is 12.6. The van der Waals surface area contributed by atoms with Gasteiger partial charge in [-0.3, -0.25) is 14.4 Å². The van der Waals surface area contributed by atoms with Gasteiger partial charge in [-0.05, 0) is 48.4 Å². The zero-order chi connectivity index (χ0) is 19.4. The molecule has 2 N–H and O–H groups in total. The molecule has 3 amide bonds. The molecule has 0 aliphatic carbocycles. The Hall–Kier alpha value is -3.15. The number of anilines is 3. The van der Waals surface area contributed by atoms with Gasteiger partial charge < -0.3 is 15.5 Å². The molecule has 0 saturated carbocycles. The van der Waals surface area contributed by atoms with Crippen molar-refractivity contribution in [2.45, 2.75) is 26.7 Å². The third-order valence-corrected chi connectivity index (χ3v) is 4.60. The number of hydrogen-bond acceptors (Lipinski definition) is 3. The molecular formula is C21H23N3O3. The van der Waals surface area contributed by atoms with Gasteiger partial charge in [-0.1, -0.05) is 19.1 Å². The predicted octanol–water partition coefficient (Wildman–Crippen LogP) is 3.20. The summed E-state index contributed by atoms with van der Waals surface area (Å²) < 4.78 is 0. The molecule has 1 aliphatic rings. The standard InChI is InChI=1S/C21H23N3O3/c1-3-15-5-4-6-19(11-15)24-13-16(12-20(24)26)21(27)23-18-9-7-17(8-10-18)22-14(2)25/h4-11,16H,3,12-13H2,1-2H3,(H,22,25)(H,23,27). The van der Waals surface area contributed by atoms with E-state index in [1.807, 2.05) is 24.3 Å². The van der Waals surface area contributed by atoms with Gasteiger partial charge in [0, 0.05) is 37.0 Å². The maximum atomic E-state index is 12.6. The van der Waals surface area contributed by atoms with Crippen molar-refractivity contribution in [3.63, 3.8) is 0 Å². The highest BCUT2D eigenvalue weighted by Gasteiger charge is 2.35. The minimum atomic E-state index is -0.391. The van der Waals surface area contributed by atoms with Crippen LogP contribution in [0, 0.1) is 5.92 Å². The molecule has 1 heterocycles. The van der Waals surface area contributed by atoms with Crippen LogP contribution < -0.4 is 15.5 Å². The van der Waals surface area contributed by atoms with Crippen LogP contribution in [0.1, 0.15) is 25.8 Å². The van der Waals surface area contributed by atoms with Gasteiger partial charge in [-0.25, -0.2) is 0 Å². The van der Waals surface area contributed by atoms with E-state index in [2.05, 4.69) is 17.6 Å². The van der Waals surface area contributed by atoms with Crippen molar-refractivity contribution >= 4 is 34.8 Å². The number of hydrogen-bond donors (Lipinski definition) is 2. The first-order valence-electron chi connectivity index (χ1n) is 9.04. The minimum absolute atomic E-state index is 0.0376. The molecule has 0 aromatic heterocycles. The summed E-state index contributed by atoms with van der Waals surface area (Å²) in [5, 5.41) is 5.53. The van der Waals surface area contributed by atoms with Crippen molar-refractivity contribution in [3.05, 3.63) is 54.1 Å². The third kappa shape index (κ3) is 4.53. The Morgan fingerprint density at radius 3 is 2.37 bits per heavy atom. The van der Waals surface area contributed by atoms with Crippen LogP contribution in [-0.2, 0) is 20.8 Å². The molecular weight excluding hydrogens is 342 g/mol. The van der Waals surface area contributed by atoms with Gasteiger partial charge in [0.1, 0.15) is 0 Å². The first-order valence-corrected chi connectivity index (χ1v) is 9.04. The van der Waals surface area contributed by atoms with Gasteiger partial charge in [-0.15, -0.1) is 0 Å². The molecule has 3 rings (SSSR count). The van der Waals surface area contributed by atoms with Crippen molar-refractivity contribution in [3.8, 4) is 0 Å². The van der Waals surface area contributed by atoms with Gasteiger partial charge in [0.05, 0.1) is 5.92 Å². The molecule has 0 bridgehead atoms. The van der Waals surface area contributed by atoms with Crippen LogP contribution in [0.25, 0.3) is 0 Å². The van der Waals surface area contributed by atoms with E-state index in [4.69, 9.17) is 0 Å². The number of nitrogens with zero attached hydrogens (tertiary/aromatic N) is 1. The summed E-state index contributed by atoms with van der Waals surface area (Å²) >= 11 is 0. The molecule has 1 fully saturated rings. The number of rotatable bonds is 5. The Balaban J connectivity index is 1.64. The molecule has 140 valence electrons. The summed E-state index contributed by atoms with van der Waals surface area (Å²) in [5.74, 6) is -0.754. The first-order chi connectivity index (χ1) is 13.0. The Labute approximate surface area is 158 Å². The van der Waals surface area contributed by atoms with Crippen LogP contribution in [0.4, 0.5) is 17.1 Å². The molecule has 1 atom stereocenters. The second kappa shape index (κ2) is 8.03. The van der Waals surface area contributed by atoms with E-state index in [0.717, 1.165) is 17.7 Å². The van der Waals surface area contributed by atoms with Crippen molar-refractivity contribution in [2.75, 3.05) is 22.1 Å². The van der Waals surface area contributed by atoms with E-state index in [9.17, 15) is 14.4 Å². The van der Waals surface area contributed by atoms with E-state index in [1.54, 1.807) is 29.2 Å².